The average molecular weight is 336 g/mol. The Morgan fingerprint density at radius 2 is 1.88 bits per heavy atom. The van der Waals surface area contributed by atoms with E-state index in [1.165, 1.54) is 12.1 Å². The van der Waals surface area contributed by atoms with Crippen LogP contribution in [0.25, 0.3) is 0 Å². The summed E-state index contributed by atoms with van der Waals surface area (Å²) in [6, 6.07) is 10.6. The summed E-state index contributed by atoms with van der Waals surface area (Å²) in [5, 5.41) is 8.91. The highest BCUT2D eigenvalue weighted by Gasteiger charge is 2.16. The first-order chi connectivity index (χ1) is 11.5. The Morgan fingerprint density at radius 1 is 1.17 bits per heavy atom. The molecule has 2 aromatic carbocycles. The number of halogens is 2. The Morgan fingerprint density at radius 3 is 2.50 bits per heavy atom. The lowest BCUT2D eigenvalue weighted by atomic mass is 10.1. The summed E-state index contributed by atoms with van der Waals surface area (Å²) in [6.07, 6.45) is -0.676. The third kappa shape index (κ3) is 4.76. The van der Waals surface area contributed by atoms with Gasteiger partial charge < -0.3 is 14.6 Å². The maximum absolute atomic E-state index is 13.6. The molecule has 0 aliphatic carbocycles. The fourth-order valence-corrected chi connectivity index (χ4v) is 2.23. The van der Waals surface area contributed by atoms with E-state index < -0.39 is 23.7 Å². The van der Waals surface area contributed by atoms with Crippen LogP contribution in [0.4, 0.5) is 8.78 Å². The number of hydrogen-bond donors (Lipinski definition) is 1. The molecule has 0 saturated heterocycles. The van der Waals surface area contributed by atoms with Crippen molar-refractivity contribution in [1.82, 2.24) is 0 Å². The van der Waals surface area contributed by atoms with Crippen LogP contribution in [0.1, 0.15) is 30.6 Å². The molecular weight excluding hydrogens is 318 g/mol. The third-order valence-electron chi connectivity index (χ3n) is 3.41. The van der Waals surface area contributed by atoms with E-state index in [9.17, 15) is 13.6 Å². The SMILES string of the molecule is CCO[C@@H](CC(=O)O)c1ccc(OCc2cccc(F)c2F)cc1. The largest absolute Gasteiger partial charge is 0.489 e. The highest BCUT2D eigenvalue weighted by Crippen LogP contribution is 2.24. The number of rotatable bonds is 8. The van der Waals surface area contributed by atoms with Gasteiger partial charge in [-0.15, -0.1) is 0 Å². The van der Waals surface area contributed by atoms with Gasteiger partial charge >= 0.3 is 5.97 Å². The Balaban J connectivity index is 2.03. The minimum atomic E-state index is -0.949. The molecule has 2 rings (SSSR count). The fraction of sp³-hybridized carbons (Fsp3) is 0.278. The van der Waals surface area contributed by atoms with Gasteiger partial charge in [0.2, 0.25) is 0 Å². The zero-order valence-electron chi connectivity index (χ0n) is 13.2. The van der Waals surface area contributed by atoms with Crippen molar-refractivity contribution in [1.29, 1.82) is 0 Å². The zero-order valence-corrected chi connectivity index (χ0v) is 13.2. The van der Waals surface area contributed by atoms with Crippen LogP contribution in [-0.2, 0) is 16.1 Å². The van der Waals surface area contributed by atoms with E-state index in [1.807, 2.05) is 0 Å². The first kappa shape index (κ1) is 17.9. The van der Waals surface area contributed by atoms with Gasteiger partial charge in [0.05, 0.1) is 12.5 Å². The Bertz CT molecular complexity index is 686. The number of hydrogen-bond acceptors (Lipinski definition) is 3. The molecule has 1 atom stereocenters. The molecule has 128 valence electrons. The maximum Gasteiger partial charge on any atom is 0.306 e. The van der Waals surface area contributed by atoms with Crippen molar-refractivity contribution in [3.05, 3.63) is 65.2 Å². The van der Waals surface area contributed by atoms with Crippen molar-refractivity contribution in [2.45, 2.75) is 26.1 Å². The number of carboxylic acids is 1. The number of benzene rings is 2. The predicted octanol–water partition coefficient (Wildman–Crippen LogP) is 4.10. The standard InChI is InChI=1S/C18H18F2O4/c1-2-23-16(10-17(21)22)12-6-8-14(9-7-12)24-11-13-4-3-5-15(19)18(13)20/h3-9,16H,2,10-11H2,1H3,(H,21,22)/t16-/m0/s1. The van der Waals surface area contributed by atoms with Gasteiger partial charge in [0, 0.05) is 12.2 Å². The topological polar surface area (TPSA) is 55.8 Å². The zero-order chi connectivity index (χ0) is 17.5. The highest BCUT2D eigenvalue weighted by molar-refractivity contribution is 5.67. The van der Waals surface area contributed by atoms with E-state index in [2.05, 4.69) is 0 Å². The van der Waals surface area contributed by atoms with Crippen molar-refractivity contribution in [3.8, 4) is 5.75 Å². The summed E-state index contributed by atoms with van der Waals surface area (Å²) in [5.74, 6) is -2.32. The van der Waals surface area contributed by atoms with Gasteiger partial charge in [-0.1, -0.05) is 24.3 Å². The minimum Gasteiger partial charge on any atom is -0.489 e. The molecule has 2 aromatic rings. The van der Waals surface area contributed by atoms with Crippen molar-refractivity contribution in [2.24, 2.45) is 0 Å². The molecule has 0 aromatic heterocycles. The fourth-order valence-electron chi connectivity index (χ4n) is 2.23. The van der Waals surface area contributed by atoms with Gasteiger partial charge in [0.1, 0.15) is 12.4 Å². The summed E-state index contributed by atoms with van der Waals surface area (Å²) in [7, 11) is 0. The second-order valence-corrected chi connectivity index (χ2v) is 5.11. The van der Waals surface area contributed by atoms with Crippen molar-refractivity contribution in [3.63, 3.8) is 0 Å². The van der Waals surface area contributed by atoms with Crippen LogP contribution in [0.2, 0.25) is 0 Å². The molecule has 24 heavy (non-hydrogen) atoms. The minimum absolute atomic E-state index is 0.104. The lowest BCUT2D eigenvalue weighted by Gasteiger charge is -2.16. The molecule has 0 aliphatic rings. The van der Waals surface area contributed by atoms with Crippen LogP contribution in [0, 0.1) is 11.6 Å². The van der Waals surface area contributed by atoms with E-state index >= 15 is 0 Å². The lowest BCUT2D eigenvalue weighted by Crippen LogP contribution is -2.10. The summed E-state index contributed by atoms with van der Waals surface area (Å²) < 4.78 is 37.5. The lowest BCUT2D eigenvalue weighted by molar-refractivity contribution is -0.140. The van der Waals surface area contributed by atoms with Gasteiger partial charge in [-0.05, 0) is 30.7 Å². The molecule has 0 unspecified atom stereocenters. The number of carboxylic acid groups (broad SMARTS) is 1. The van der Waals surface area contributed by atoms with E-state index in [4.69, 9.17) is 14.6 Å². The van der Waals surface area contributed by atoms with Crippen molar-refractivity contribution in [2.75, 3.05) is 6.61 Å². The van der Waals surface area contributed by atoms with Gasteiger partial charge in [-0.2, -0.15) is 0 Å². The summed E-state index contributed by atoms with van der Waals surface area (Å²) in [5.41, 5.74) is 0.834. The molecule has 6 heteroatoms. The Labute approximate surface area is 138 Å². The second-order valence-electron chi connectivity index (χ2n) is 5.11. The molecule has 0 heterocycles. The molecule has 0 radical (unpaired) electrons. The summed E-state index contributed by atoms with van der Waals surface area (Å²) in [6.45, 7) is 2.09. The van der Waals surface area contributed by atoms with E-state index in [0.29, 0.717) is 17.9 Å². The number of aliphatic carboxylic acids is 1. The quantitative estimate of drug-likeness (QED) is 0.789. The summed E-state index contributed by atoms with van der Waals surface area (Å²) >= 11 is 0. The molecule has 0 fully saturated rings. The first-order valence-corrected chi connectivity index (χ1v) is 7.50. The Kier molecular flexibility index (Phi) is 6.26. The molecule has 4 nitrogen and oxygen atoms in total. The van der Waals surface area contributed by atoms with Crippen LogP contribution in [0.15, 0.2) is 42.5 Å². The van der Waals surface area contributed by atoms with Crippen LogP contribution in [0.5, 0.6) is 5.75 Å². The molecular formula is C18H18F2O4. The van der Waals surface area contributed by atoms with Gasteiger partial charge in [0.15, 0.2) is 11.6 Å². The number of ether oxygens (including phenoxy) is 2. The third-order valence-corrected chi connectivity index (χ3v) is 3.41. The molecule has 0 aliphatic heterocycles. The smallest absolute Gasteiger partial charge is 0.306 e. The van der Waals surface area contributed by atoms with Crippen LogP contribution in [-0.4, -0.2) is 17.7 Å². The highest BCUT2D eigenvalue weighted by atomic mass is 19.2. The molecule has 0 amide bonds. The van der Waals surface area contributed by atoms with Crippen LogP contribution >= 0.6 is 0 Å². The monoisotopic (exact) mass is 336 g/mol. The Hall–Kier alpha value is -2.47. The molecule has 0 bridgehead atoms. The van der Waals surface area contributed by atoms with E-state index in [-0.39, 0.29) is 18.6 Å². The number of carbonyl (C=O) groups is 1. The van der Waals surface area contributed by atoms with Crippen LogP contribution < -0.4 is 4.74 Å². The van der Waals surface area contributed by atoms with E-state index in [1.54, 1.807) is 31.2 Å². The van der Waals surface area contributed by atoms with Crippen LogP contribution in [0.3, 0.4) is 0 Å². The average Bonchev–Trinajstić information content (AvgIpc) is 2.56. The van der Waals surface area contributed by atoms with Gasteiger partial charge in [0.25, 0.3) is 0 Å². The normalized spacial score (nSPS) is 12.0. The summed E-state index contributed by atoms with van der Waals surface area (Å²) in [4.78, 5) is 10.9. The van der Waals surface area contributed by atoms with Gasteiger partial charge in [-0.25, -0.2) is 8.78 Å². The molecule has 0 saturated carbocycles. The van der Waals surface area contributed by atoms with Crippen molar-refractivity contribution >= 4 is 5.97 Å². The molecule has 0 spiro atoms. The van der Waals surface area contributed by atoms with Crippen molar-refractivity contribution < 1.29 is 28.2 Å². The first-order valence-electron chi connectivity index (χ1n) is 7.50. The van der Waals surface area contributed by atoms with E-state index in [0.717, 1.165) is 6.07 Å². The molecule has 1 N–H and O–H groups in total. The second kappa shape index (κ2) is 8.40. The predicted molar refractivity (Wildman–Crippen MR) is 83.8 cm³/mol. The maximum atomic E-state index is 13.6. The van der Waals surface area contributed by atoms with Gasteiger partial charge in [-0.3, -0.25) is 4.79 Å².